The molecule has 1 aliphatic heterocycles. The van der Waals surface area contributed by atoms with Crippen LogP contribution >= 0.6 is 0 Å². The number of carbonyl (C=O) groups is 1. The molecule has 32 heavy (non-hydrogen) atoms. The van der Waals surface area contributed by atoms with Crippen molar-refractivity contribution in [1.29, 1.82) is 0 Å². The Hall–Kier alpha value is -3.72. The molecule has 0 spiro atoms. The first-order valence-corrected chi connectivity index (χ1v) is 10.7. The van der Waals surface area contributed by atoms with Crippen LogP contribution in [0.15, 0.2) is 41.3 Å². The summed E-state index contributed by atoms with van der Waals surface area (Å²) in [6.07, 6.45) is 1.77. The van der Waals surface area contributed by atoms with E-state index >= 15 is 0 Å². The monoisotopic (exact) mass is 431 g/mol. The second kappa shape index (κ2) is 8.08. The summed E-state index contributed by atoms with van der Waals surface area (Å²) in [5.74, 6) is -0.172. The third-order valence-electron chi connectivity index (χ3n) is 6.11. The number of benzene rings is 1. The SMILES string of the molecule is CNC(=O)c1ccc(N2CCN(Cc3ccc4c(c3)[nH]c(=O)c3n[nH]cc34)CC2)c(C)n1. The third kappa shape index (κ3) is 3.60. The number of aromatic amines is 2. The predicted molar refractivity (Wildman–Crippen MR) is 124 cm³/mol. The number of pyridine rings is 2. The second-order valence-electron chi connectivity index (χ2n) is 8.12. The van der Waals surface area contributed by atoms with Crippen molar-refractivity contribution in [1.82, 2.24) is 30.4 Å². The second-order valence-corrected chi connectivity index (χ2v) is 8.12. The highest BCUT2D eigenvalue weighted by atomic mass is 16.1. The number of aromatic nitrogens is 4. The number of nitrogens with one attached hydrogen (secondary N) is 3. The molecular weight excluding hydrogens is 406 g/mol. The van der Waals surface area contributed by atoms with Gasteiger partial charge in [0.25, 0.3) is 11.5 Å². The summed E-state index contributed by atoms with van der Waals surface area (Å²) in [5.41, 5.74) is 4.64. The molecule has 0 radical (unpaired) electrons. The summed E-state index contributed by atoms with van der Waals surface area (Å²) in [4.78, 5) is 36.2. The van der Waals surface area contributed by atoms with Crippen LogP contribution in [0.1, 0.15) is 21.7 Å². The highest BCUT2D eigenvalue weighted by Crippen LogP contribution is 2.23. The van der Waals surface area contributed by atoms with Crippen LogP contribution in [-0.2, 0) is 6.54 Å². The van der Waals surface area contributed by atoms with Gasteiger partial charge in [0.05, 0.1) is 11.4 Å². The van der Waals surface area contributed by atoms with E-state index in [-0.39, 0.29) is 11.5 Å². The van der Waals surface area contributed by atoms with Crippen molar-refractivity contribution >= 4 is 33.4 Å². The molecule has 164 valence electrons. The van der Waals surface area contributed by atoms with Gasteiger partial charge < -0.3 is 15.2 Å². The molecule has 9 heteroatoms. The highest BCUT2D eigenvalue weighted by Gasteiger charge is 2.20. The van der Waals surface area contributed by atoms with Crippen molar-refractivity contribution in [2.45, 2.75) is 13.5 Å². The summed E-state index contributed by atoms with van der Waals surface area (Å²) in [6.45, 7) is 6.39. The predicted octanol–water partition coefficient (Wildman–Crippen LogP) is 1.79. The Kier molecular flexibility index (Phi) is 5.10. The van der Waals surface area contributed by atoms with Gasteiger partial charge in [-0.1, -0.05) is 12.1 Å². The van der Waals surface area contributed by atoms with Gasteiger partial charge in [-0.3, -0.25) is 19.6 Å². The van der Waals surface area contributed by atoms with Crippen molar-refractivity contribution in [2.24, 2.45) is 0 Å². The molecule has 0 bridgehead atoms. The fraction of sp³-hybridized carbons (Fsp3) is 0.304. The van der Waals surface area contributed by atoms with Gasteiger partial charge in [-0.25, -0.2) is 4.98 Å². The molecule has 0 unspecified atom stereocenters. The Morgan fingerprint density at radius 1 is 1.12 bits per heavy atom. The van der Waals surface area contributed by atoms with Crippen LogP contribution in [0, 0.1) is 6.92 Å². The van der Waals surface area contributed by atoms with Crippen LogP contribution in [0.4, 0.5) is 5.69 Å². The molecule has 5 rings (SSSR count). The number of fused-ring (bicyclic) bond motifs is 3. The smallest absolute Gasteiger partial charge is 0.276 e. The number of amides is 1. The number of aryl methyl sites for hydroxylation is 1. The summed E-state index contributed by atoms with van der Waals surface area (Å²) < 4.78 is 0. The van der Waals surface area contributed by atoms with E-state index in [1.807, 2.05) is 13.0 Å². The lowest BCUT2D eigenvalue weighted by molar-refractivity contribution is 0.0958. The van der Waals surface area contributed by atoms with Gasteiger partial charge in [0, 0.05) is 62.3 Å². The van der Waals surface area contributed by atoms with Crippen molar-refractivity contribution in [2.75, 3.05) is 38.1 Å². The molecule has 4 aromatic rings. The van der Waals surface area contributed by atoms with Crippen LogP contribution in [-0.4, -0.2) is 64.2 Å². The van der Waals surface area contributed by atoms with Crippen molar-refractivity contribution in [3.05, 3.63) is 63.8 Å². The third-order valence-corrected chi connectivity index (χ3v) is 6.11. The number of carbonyl (C=O) groups excluding carboxylic acids is 1. The van der Waals surface area contributed by atoms with Crippen LogP contribution in [0.3, 0.4) is 0 Å². The minimum absolute atomic E-state index is 0.172. The van der Waals surface area contributed by atoms with Gasteiger partial charge in [0.1, 0.15) is 5.69 Å². The molecule has 1 fully saturated rings. The number of hydrogen-bond acceptors (Lipinski definition) is 6. The zero-order valence-corrected chi connectivity index (χ0v) is 18.1. The molecule has 0 atom stereocenters. The highest BCUT2D eigenvalue weighted by molar-refractivity contribution is 6.03. The Bertz CT molecular complexity index is 1370. The minimum Gasteiger partial charge on any atom is -0.368 e. The van der Waals surface area contributed by atoms with Gasteiger partial charge in [-0.05, 0) is 30.7 Å². The van der Waals surface area contributed by atoms with Crippen molar-refractivity contribution in [3.8, 4) is 0 Å². The van der Waals surface area contributed by atoms with E-state index in [1.165, 1.54) is 0 Å². The molecule has 3 N–H and O–H groups in total. The topological polar surface area (TPSA) is 110 Å². The maximum Gasteiger partial charge on any atom is 0.276 e. The average Bonchev–Trinajstić information content (AvgIpc) is 3.30. The maximum atomic E-state index is 12.2. The lowest BCUT2D eigenvalue weighted by atomic mass is 10.1. The van der Waals surface area contributed by atoms with Crippen LogP contribution in [0.25, 0.3) is 21.8 Å². The average molecular weight is 432 g/mol. The lowest BCUT2D eigenvalue weighted by Gasteiger charge is -2.36. The van der Waals surface area contributed by atoms with Crippen molar-refractivity contribution < 1.29 is 4.79 Å². The first-order valence-electron chi connectivity index (χ1n) is 10.7. The number of rotatable bonds is 4. The van der Waals surface area contributed by atoms with E-state index in [0.29, 0.717) is 11.2 Å². The fourth-order valence-electron chi connectivity index (χ4n) is 4.43. The Morgan fingerprint density at radius 2 is 1.94 bits per heavy atom. The number of anilines is 1. The van der Waals surface area contributed by atoms with E-state index in [1.54, 1.807) is 19.3 Å². The standard InChI is InChI=1S/C23H25N7O2/c1-14-20(6-5-18(26-14)22(31)24-2)30-9-7-29(8-10-30)13-15-3-4-16-17-12-25-28-21(17)23(32)27-19(16)11-15/h3-6,11-12H,7-10,13H2,1-2H3,(H,24,31)(H,25,28)(H,27,32). The van der Waals surface area contributed by atoms with Crippen LogP contribution < -0.4 is 15.8 Å². The molecule has 3 aromatic heterocycles. The number of H-pyrrole nitrogens is 2. The molecule has 1 aromatic carbocycles. The van der Waals surface area contributed by atoms with Gasteiger partial charge in [-0.2, -0.15) is 5.10 Å². The summed E-state index contributed by atoms with van der Waals surface area (Å²) in [7, 11) is 1.61. The Balaban J connectivity index is 1.28. The number of nitrogens with zero attached hydrogens (tertiary/aromatic N) is 4. The zero-order chi connectivity index (χ0) is 22.2. The normalized spacial score (nSPS) is 14.9. The quantitative estimate of drug-likeness (QED) is 0.454. The number of piperazine rings is 1. The summed E-state index contributed by atoms with van der Waals surface area (Å²) >= 11 is 0. The molecule has 1 saturated heterocycles. The molecule has 1 aliphatic rings. The molecule has 1 amide bonds. The Morgan fingerprint density at radius 3 is 2.69 bits per heavy atom. The van der Waals surface area contributed by atoms with E-state index < -0.39 is 0 Å². The summed E-state index contributed by atoms with van der Waals surface area (Å²) in [6, 6.07) is 9.99. The first kappa shape index (κ1) is 20.2. The van der Waals surface area contributed by atoms with Gasteiger partial charge in [0.15, 0.2) is 5.52 Å². The van der Waals surface area contributed by atoms with Gasteiger partial charge in [0.2, 0.25) is 0 Å². The van der Waals surface area contributed by atoms with Crippen LogP contribution in [0.2, 0.25) is 0 Å². The molecule has 9 nitrogen and oxygen atoms in total. The van der Waals surface area contributed by atoms with Crippen molar-refractivity contribution in [3.63, 3.8) is 0 Å². The molecule has 0 saturated carbocycles. The van der Waals surface area contributed by atoms with E-state index in [0.717, 1.165) is 66.0 Å². The fourth-order valence-corrected chi connectivity index (χ4v) is 4.43. The van der Waals surface area contributed by atoms with E-state index in [2.05, 4.69) is 53.5 Å². The lowest BCUT2D eigenvalue weighted by Crippen LogP contribution is -2.46. The maximum absolute atomic E-state index is 12.2. The van der Waals surface area contributed by atoms with E-state index in [9.17, 15) is 9.59 Å². The largest absolute Gasteiger partial charge is 0.368 e. The molecule has 0 aliphatic carbocycles. The molecular formula is C23H25N7O2. The number of hydrogen-bond donors (Lipinski definition) is 3. The molecule has 4 heterocycles. The Labute approximate surface area is 184 Å². The summed E-state index contributed by atoms with van der Waals surface area (Å²) in [5, 5.41) is 11.3. The van der Waals surface area contributed by atoms with Gasteiger partial charge in [-0.15, -0.1) is 0 Å². The van der Waals surface area contributed by atoms with Crippen LogP contribution in [0.5, 0.6) is 0 Å². The first-order chi connectivity index (χ1) is 15.5. The van der Waals surface area contributed by atoms with E-state index in [4.69, 9.17) is 0 Å². The zero-order valence-electron chi connectivity index (χ0n) is 18.1. The van der Waals surface area contributed by atoms with Gasteiger partial charge >= 0.3 is 0 Å². The minimum atomic E-state index is -0.175.